The number of carbonyl (C=O) groups excluding carboxylic acids is 2. The smallest absolute Gasteiger partial charge is 0.325 e. The molecule has 0 radical (unpaired) electrons. The minimum absolute atomic E-state index is 0.116. The number of ether oxygens (including phenoxy) is 2. The standard InChI is InChI=1S/C25H23N3O6S2/c1-16-4-11-20(12-5-16)36(31,32)27-18-8-6-17(7-9-18)24(30)26-25-28(15-23(29)34-3)21-13-10-19(33-2)14-22(21)35-25/h4-14,27H,15H2,1-3H3. The van der Waals surface area contributed by atoms with Gasteiger partial charge in [0.15, 0.2) is 4.80 Å². The molecule has 11 heteroatoms. The van der Waals surface area contributed by atoms with Crippen LogP contribution in [0.5, 0.6) is 5.75 Å². The minimum atomic E-state index is -3.77. The number of aromatic nitrogens is 1. The molecular weight excluding hydrogens is 502 g/mol. The first kappa shape index (κ1) is 25.1. The Balaban J connectivity index is 1.62. The first-order valence-electron chi connectivity index (χ1n) is 10.7. The number of hydrogen-bond donors (Lipinski definition) is 1. The Labute approximate surface area is 211 Å². The molecule has 0 fully saturated rings. The Morgan fingerprint density at radius 2 is 1.69 bits per heavy atom. The summed E-state index contributed by atoms with van der Waals surface area (Å²) in [5.41, 5.74) is 2.22. The van der Waals surface area contributed by atoms with Crippen molar-refractivity contribution in [2.75, 3.05) is 18.9 Å². The molecule has 4 aromatic rings. The Morgan fingerprint density at radius 1 is 1.00 bits per heavy atom. The van der Waals surface area contributed by atoms with Crippen molar-refractivity contribution in [2.24, 2.45) is 4.99 Å². The zero-order valence-corrected chi connectivity index (χ0v) is 21.4. The van der Waals surface area contributed by atoms with Crippen molar-refractivity contribution < 1.29 is 27.5 Å². The van der Waals surface area contributed by atoms with Gasteiger partial charge in [-0.05, 0) is 61.5 Å². The molecule has 0 spiro atoms. The number of hydrogen-bond acceptors (Lipinski definition) is 7. The maximum atomic E-state index is 12.9. The highest BCUT2D eigenvalue weighted by molar-refractivity contribution is 7.92. The SMILES string of the molecule is COC(=O)Cn1c(=NC(=O)c2ccc(NS(=O)(=O)c3ccc(C)cc3)cc2)sc2cc(OC)ccc21. The number of thiazole rings is 1. The molecule has 1 amide bonds. The van der Waals surface area contributed by atoms with Crippen LogP contribution >= 0.6 is 11.3 Å². The summed E-state index contributed by atoms with van der Waals surface area (Å²) in [6.45, 7) is 1.76. The number of anilines is 1. The first-order chi connectivity index (χ1) is 17.2. The van der Waals surface area contributed by atoms with E-state index >= 15 is 0 Å². The van der Waals surface area contributed by atoms with E-state index in [1.165, 1.54) is 54.8 Å². The number of fused-ring (bicyclic) bond motifs is 1. The van der Waals surface area contributed by atoms with Gasteiger partial charge >= 0.3 is 5.97 Å². The van der Waals surface area contributed by atoms with Gasteiger partial charge in [0, 0.05) is 11.3 Å². The highest BCUT2D eigenvalue weighted by atomic mass is 32.2. The molecule has 0 aliphatic rings. The molecule has 3 aromatic carbocycles. The Bertz CT molecular complexity index is 1600. The lowest BCUT2D eigenvalue weighted by atomic mass is 10.2. The topological polar surface area (TPSA) is 116 Å². The fourth-order valence-electron chi connectivity index (χ4n) is 3.38. The zero-order chi connectivity index (χ0) is 25.9. The summed E-state index contributed by atoms with van der Waals surface area (Å²) in [5.74, 6) is -0.389. The van der Waals surface area contributed by atoms with Gasteiger partial charge < -0.3 is 14.0 Å². The third-order valence-electron chi connectivity index (χ3n) is 5.32. The zero-order valence-electron chi connectivity index (χ0n) is 19.7. The molecule has 0 atom stereocenters. The van der Waals surface area contributed by atoms with Crippen molar-refractivity contribution >= 4 is 49.1 Å². The lowest BCUT2D eigenvalue weighted by Crippen LogP contribution is -2.22. The van der Waals surface area contributed by atoms with Crippen LogP contribution in [0.3, 0.4) is 0 Å². The highest BCUT2D eigenvalue weighted by Crippen LogP contribution is 2.23. The molecule has 1 heterocycles. The second-order valence-electron chi connectivity index (χ2n) is 7.79. The Morgan fingerprint density at radius 3 is 2.33 bits per heavy atom. The maximum absolute atomic E-state index is 12.9. The number of esters is 1. The lowest BCUT2D eigenvalue weighted by Gasteiger charge is -2.08. The van der Waals surface area contributed by atoms with E-state index < -0.39 is 21.9 Å². The average Bonchev–Trinajstić information content (AvgIpc) is 3.19. The number of carbonyl (C=O) groups is 2. The number of nitrogens with zero attached hydrogens (tertiary/aromatic N) is 2. The summed E-state index contributed by atoms with van der Waals surface area (Å²) in [7, 11) is -0.925. The summed E-state index contributed by atoms with van der Waals surface area (Å²) < 4.78 is 40.2. The molecular formula is C25H23N3O6S2. The van der Waals surface area contributed by atoms with E-state index in [4.69, 9.17) is 9.47 Å². The molecule has 0 aliphatic heterocycles. The summed E-state index contributed by atoms with van der Waals surface area (Å²) in [6, 6.07) is 17.8. The van der Waals surface area contributed by atoms with Gasteiger partial charge in [-0.2, -0.15) is 4.99 Å². The van der Waals surface area contributed by atoms with Gasteiger partial charge in [-0.15, -0.1) is 0 Å². The van der Waals surface area contributed by atoms with Crippen LogP contribution in [0, 0.1) is 6.92 Å². The number of sulfonamides is 1. The van der Waals surface area contributed by atoms with E-state index in [0.29, 0.717) is 21.8 Å². The molecule has 0 bridgehead atoms. The van der Waals surface area contributed by atoms with Crippen LogP contribution in [0.1, 0.15) is 15.9 Å². The van der Waals surface area contributed by atoms with Crippen LogP contribution < -0.4 is 14.3 Å². The van der Waals surface area contributed by atoms with E-state index in [1.807, 2.05) is 6.92 Å². The molecule has 1 aromatic heterocycles. The van der Waals surface area contributed by atoms with Gasteiger partial charge in [0.25, 0.3) is 15.9 Å². The largest absolute Gasteiger partial charge is 0.497 e. The number of benzene rings is 3. The predicted molar refractivity (Wildman–Crippen MR) is 137 cm³/mol. The van der Waals surface area contributed by atoms with Crippen LogP contribution in [0.15, 0.2) is 76.6 Å². The summed E-state index contributed by atoms with van der Waals surface area (Å²) in [5, 5.41) is 0. The molecule has 0 saturated heterocycles. The number of rotatable bonds is 7. The van der Waals surface area contributed by atoms with Gasteiger partial charge in [0.2, 0.25) is 0 Å². The van der Waals surface area contributed by atoms with Gasteiger partial charge in [-0.1, -0.05) is 29.0 Å². The molecule has 4 rings (SSSR count). The number of amides is 1. The summed E-state index contributed by atoms with van der Waals surface area (Å²) in [4.78, 5) is 29.6. The normalized spacial score (nSPS) is 11.9. The molecule has 0 aliphatic carbocycles. The molecule has 1 N–H and O–H groups in total. The van der Waals surface area contributed by atoms with E-state index in [1.54, 1.807) is 42.0 Å². The minimum Gasteiger partial charge on any atom is -0.497 e. The quantitative estimate of drug-likeness (QED) is 0.368. The molecule has 0 saturated carbocycles. The highest BCUT2D eigenvalue weighted by Gasteiger charge is 2.16. The number of aryl methyl sites for hydroxylation is 1. The number of methoxy groups -OCH3 is 2. The summed E-state index contributed by atoms with van der Waals surface area (Å²) in [6.07, 6.45) is 0. The van der Waals surface area contributed by atoms with Crippen LogP contribution in [-0.2, 0) is 26.1 Å². The van der Waals surface area contributed by atoms with Crippen LogP contribution in [0.2, 0.25) is 0 Å². The van der Waals surface area contributed by atoms with E-state index in [2.05, 4.69) is 9.71 Å². The number of nitrogens with one attached hydrogen (secondary N) is 1. The molecule has 36 heavy (non-hydrogen) atoms. The van der Waals surface area contributed by atoms with Crippen molar-refractivity contribution in [3.63, 3.8) is 0 Å². The van der Waals surface area contributed by atoms with Crippen molar-refractivity contribution in [1.29, 1.82) is 0 Å². The molecule has 186 valence electrons. The maximum Gasteiger partial charge on any atom is 0.325 e. The van der Waals surface area contributed by atoms with Crippen molar-refractivity contribution in [3.05, 3.63) is 82.7 Å². The van der Waals surface area contributed by atoms with Crippen molar-refractivity contribution in [1.82, 2.24) is 4.57 Å². The van der Waals surface area contributed by atoms with Crippen molar-refractivity contribution in [3.8, 4) is 5.75 Å². The van der Waals surface area contributed by atoms with E-state index in [9.17, 15) is 18.0 Å². The third kappa shape index (κ3) is 5.47. The second-order valence-corrected chi connectivity index (χ2v) is 10.5. The molecule has 0 unspecified atom stereocenters. The summed E-state index contributed by atoms with van der Waals surface area (Å²) >= 11 is 1.23. The fraction of sp³-hybridized carbons (Fsp3) is 0.160. The van der Waals surface area contributed by atoms with E-state index in [0.717, 1.165) is 10.3 Å². The third-order valence-corrected chi connectivity index (χ3v) is 7.76. The average molecular weight is 526 g/mol. The van der Waals surface area contributed by atoms with Crippen LogP contribution in [0.25, 0.3) is 10.2 Å². The van der Waals surface area contributed by atoms with E-state index in [-0.39, 0.29) is 17.0 Å². The fourth-order valence-corrected chi connectivity index (χ4v) is 5.49. The second kappa shape index (κ2) is 10.3. The Hall–Kier alpha value is -3.96. The molecule has 9 nitrogen and oxygen atoms in total. The van der Waals surface area contributed by atoms with Gasteiger partial charge in [-0.25, -0.2) is 8.42 Å². The predicted octanol–water partition coefficient (Wildman–Crippen LogP) is 3.73. The van der Waals surface area contributed by atoms with Crippen LogP contribution in [0.4, 0.5) is 5.69 Å². The van der Waals surface area contributed by atoms with Gasteiger partial charge in [0.05, 0.1) is 29.3 Å². The Kier molecular flexibility index (Phi) is 7.22. The monoisotopic (exact) mass is 525 g/mol. The van der Waals surface area contributed by atoms with Gasteiger partial charge in [-0.3, -0.25) is 14.3 Å². The van der Waals surface area contributed by atoms with Crippen molar-refractivity contribution in [2.45, 2.75) is 18.4 Å². The first-order valence-corrected chi connectivity index (χ1v) is 13.0. The van der Waals surface area contributed by atoms with Crippen LogP contribution in [-0.4, -0.2) is 39.1 Å². The lowest BCUT2D eigenvalue weighted by molar-refractivity contribution is -0.141. The van der Waals surface area contributed by atoms with Gasteiger partial charge in [0.1, 0.15) is 12.3 Å².